The van der Waals surface area contributed by atoms with Gasteiger partial charge in [-0.1, -0.05) is 44.9 Å². The van der Waals surface area contributed by atoms with E-state index in [1.54, 1.807) is 0 Å². The first kappa shape index (κ1) is 27.8. The number of piperidine rings is 2. The number of aromatic nitrogens is 3. The zero-order valence-corrected chi connectivity index (χ0v) is 23.3. The van der Waals surface area contributed by atoms with Crippen LogP contribution in [0.1, 0.15) is 81.0 Å². The highest BCUT2D eigenvalue weighted by Gasteiger charge is 2.52. The van der Waals surface area contributed by atoms with Crippen LogP contribution in [-0.2, 0) is 4.74 Å². The minimum Gasteiger partial charge on any atom is -0.381 e. The third-order valence-corrected chi connectivity index (χ3v) is 10.0. The van der Waals surface area contributed by atoms with Crippen molar-refractivity contribution in [3.63, 3.8) is 0 Å². The van der Waals surface area contributed by atoms with Gasteiger partial charge in [0.1, 0.15) is 11.7 Å². The predicted molar refractivity (Wildman–Crippen MR) is 148 cm³/mol. The number of nitrogen functional groups attached to an aromatic ring is 1. The van der Waals surface area contributed by atoms with Gasteiger partial charge in [-0.25, -0.2) is 18.3 Å². The Kier molecular flexibility index (Phi) is 8.23. The lowest BCUT2D eigenvalue weighted by molar-refractivity contribution is -0.0839. The topological polar surface area (TPSA) is 110 Å². The van der Waals surface area contributed by atoms with Gasteiger partial charge in [-0.05, 0) is 44.7 Å². The van der Waals surface area contributed by atoms with Gasteiger partial charge < -0.3 is 21.1 Å². The van der Waals surface area contributed by atoms with Crippen molar-refractivity contribution in [1.82, 2.24) is 30.1 Å². The minimum atomic E-state index is -1.07. The van der Waals surface area contributed by atoms with Crippen LogP contribution in [-0.4, -0.2) is 82.0 Å². The molecule has 5 heterocycles. The number of halogens is 2. The highest BCUT2D eigenvalue weighted by molar-refractivity contribution is 6.04. The molecule has 4 N–H and O–H groups in total. The highest BCUT2D eigenvalue weighted by atomic mass is 19.1. The van der Waals surface area contributed by atoms with Crippen LogP contribution in [0.4, 0.5) is 14.6 Å². The molecule has 1 aliphatic carbocycles. The van der Waals surface area contributed by atoms with Crippen molar-refractivity contribution in [2.45, 2.75) is 94.4 Å². The summed E-state index contributed by atoms with van der Waals surface area (Å²) in [6.07, 6.45) is 12.6. The van der Waals surface area contributed by atoms with Crippen molar-refractivity contribution in [3.05, 3.63) is 23.8 Å². The van der Waals surface area contributed by atoms with Crippen LogP contribution in [0.15, 0.2) is 12.4 Å². The summed E-state index contributed by atoms with van der Waals surface area (Å²) in [5.41, 5.74) is 5.83. The number of amides is 1. The number of hydrogen-bond acceptors (Lipinski definition) is 7. The van der Waals surface area contributed by atoms with Crippen LogP contribution >= 0.6 is 0 Å². The van der Waals surface area contributed by atoms with Gasteiger partial charge >= 0.3 is 0 Å². The first-order valence-electron chi connectivity index (χ1n) is 15.3. The van der Waals surface area contributed by atoms with E-state index in [2.05, 4.69) is 25.6 Å². The van der Waals surface area contributed by atoms with Crippen molar-refractivity contribution in [3.8, 4) is 0 Å². The Morgan fingerprint density at radius 2 is 1.77 bits per heavy atom. The van der Waals surface area contributed by atoms with Gasteiger partial charge in [0.25, 0.3) is 5.91 Å². The van der Waals surface area contributed by atoms with E-state index >= 15 is 4.39 Å². The van der Waals surface area contributed by atoms with Crippen LogP contribution < -0.4 is 16.4 Å². The van der Waals surface area contributed by atoms with Gasteiger partial charge in [-0.3, -0.25) is 9.69 Å². The molecule has 3 saturated heterocycles. The maximum Gasteiger partial charge on any atom is 0.259 e. The fraction of sp³-hybridized carbons (Fsp3) is 0.759. The summed E-state index contributed by atoms with van der Waals surface area (Å²) >= 11 is 0. The first-order chi connectivity index (χ1) is 19.4. The van der Waals surface area contributed by atoms with Crippen molar-refractivity contribution in [2.75, 3.05) is 38.6 Å². The average Bonchev–Trinajstić information content (AvgIpc) is 3.24. The molecule has 0 bridgehead atoms. The Morgan fingerprint density at radius 1 is 1.10 bits per heavy atom. The highest BCUT2D eigenvalue weighted by Crippen LogP contribution is 2.43. The number of nitrogens with zero attached hydrogens (tertiary/aromatic N) is 4. The number of rotatable bonds is 4. The van der Waals surface area contributed by atoms with E-state index in [4.69, 9.17) is 10.5 Å². The molecule has 1 saturated carbocycles. The molecule has 6 rings (SSSR count). The van der Waals surface area contributed by atoms with E-state index in [-0.39, 0.29) is 28.9 Å². The van der Waals surface area contributed by atoms with E-state index in [0.29, 0.717) is 12.6 Å². The molecule has 40 heavy (non-hydrogen) atoms. The Bertz CT molecular complexity index is 1170. The molecule has 3 unspecified atom stereocenters. The van der Waals surface area contributed by atoms with Crippen LogP contribution in [0, 0.1) is 17.7 Å². The maximum absolute atomic E-state index is 17.1. The van der Waals surface area contributed by atoms with E-state index in [1.165, 1.54) is 23.8 Å². The summed E-state index contributed by atoms with van der Waals surface area (Å²) in [6, 6.07) is 0.0770. The molecule has 220 valence electrons. The third kappa shape index (κ3) is 5.44. The van der Waals surface area contributed by atoms with Crippen molar-refractivity contribution < 1.29 is 18.3 Å². The molecule has 4 fully saturated rings. The summed E-state index contributed by atoms with van der Waals surface area (Å²) in [7, 11) is 0. The van der Waals surface area contributed by atoms with E-state index in [1.807, 2.05) is 0 Å². The summed E-state index contributed by atoms with van der Waals surface area (Å²) in [6.45, 7) is 3.93. The quantitative estimate of drug-likeness (QED) is 0.526. The molecule has 4 aliphatic rings. The van der Waals surface area contributed by atoms with E-state index in [0.717, 1.165) is 90.1 Å². The molecule has 3 aliphatic heterocycles. The van der Waals surface area contributed by atoms with E-state index < -0.39 is 29.5 Å². The number of alkyl halides is 1. The maximum atomic E-state index is 17.1. The number of anilines is 1. The molecular formula is C29H43F2N7O2. The van der Waals surface area contributed by atoms with Crippen molar-refractivity contribution in [1.29, 1.82) is 0 Å². The lowest BCUT2D eigenvalue weighted by Gasteiger charge is -2.53. The average molecular weight is 560 g/mol. The number of likely N-dealkylation sites (tertiary alicyclic amines) is 1. The molecule has 0 radical (unpaired) electrons. The molecule has 1 amide bonds. The molecule has 1 spiro atoms. The van der Waals surface area contributed by atoms with Crippen LogP contribution in [0.5, 0.6) is 0 Å². The number of fused-ring (bicyclic) bond motifs is 1. The molecule has 2 aromatic rings. The number of ether oxygens (including phenoxy) is 1. The van der Waals surface area contributed by atoms with Crippen molar-refractivity contribution in [2.24, 2.45) is 11.8 Å². The normalized spacial score (nSPS) is 29.3. The fourth-order valence-corrected chi connectivity index (χ4v) is 7.67. The molecule has 3 atom stereocenters. The molecule has 11 heteroatoms. The monoisotopic (exact) mass is 559 g/mol. The number of carbonyl (C=O) groups excluding carboxylic acids is 1. The van der Waals surface area contributed by atoms with E-state index in [9.17, 15) is 9.18 Å². The molecule has 0 aromatic carbocycles. The largest absolute Gasteiger partial charge is 0.381 e. The van der Waals surface area contributed by atoms with Gasteiger partial charge in [0.2, 0.25) is 0 Å². The SMILES string of the molecule is Nc1nn2cc(F)cnc2c1C(=O)NC1CNC2(CCCCCCCCC2)C(F)C1C1CCN(C2COC2)CC1. The Hall–Kier alpha value is -2.37. The summed E-state index contributed by atoms with van der Waals surface area (Å²) in [5.74, 6) is -1.18. The van der Waals surface area contributed by atoms with Gasteiger partial charge in [-0.2, -0.15) is 0 Å². The van der Waals surface area contributed by atoms with Gasteiger partial charge in [0.05, 0.1) is 37.2 Å². The van der Waals surface area contributed by atoms with Crippen LogP contribution in [0.3, 0.4) is 0 Å². The van der Waals surface area contributed by atoms with Gasteiger partial charge in [0, 0.05) is 18.5 Å². The second kappa shape index (κ2) is 11.9. The summed E-state index contributed by atoms with van der Waals surface area (Å²) in [5, 5.41) is 10.9. The summed E-state index contributed by atoms with van der Waals surface area (Å²) in [4.78, 5) is 20.2. The number of nitrogens with two attached hydrogens (primary N) is 1. The van der Waals surface area contributed by atoms with Gasteiger partial charge in [0.15, 0.2) is 17.3 Å². The van der Waals surface area contributed by atoms with Crippen LogP contribution in [0.25, 0.3) is 5.65 Å². The molecular weight excluding hydrogens is 516 g/mol. The third-order valence-electron chi connectivity index (χ3n) is 10.0. The molecule has 9 nitrogen and oxygen atoms in total. The minimum absolute atomic E-state index is 0.0208. The molecule has 2 aromatic heterocycles. The fourth-order valence-electron chi connectivity index (χ4n) is 7.67. The zero-order valence-electron chi connectivity index (χ0n) is 23.3. The van der Waals surface area contributed by atoms with Gasteiger partial charge in [-0.15, -0.1) is 5.10 Å². The second-order valence-corrected chi connectivity index (χ2v) is 12.4. The Labute approximate surface area is 234 Å². The number of hydrogen-bond donors (Lipinski definition) is 3. The summed E-state index contributed by atoms with van der Waals surface area (Å²) < 4.78 is 37.4. The lowest BCUT2D eigenvalue weighted by atomic mass is 9.66. The zero-order chi connectivity index (χ0) is 27.7. The Balaban J connectivity index is 1.25. The number of carbonyl (C=O) groups is 1. The standard InChI is InChI=1S/C29H43F2N7O2/c30-20-14-33-27-24(26(32)36-38(27)16-20)28(39)35-22-15-34-29(10-6-4-2-1-3-5-7-11-29)25(31)23(22)19-8-12-37(13-9-19)21-17-40-18-21/h14,16,19,21-23,25,34H,1-13,15,17-18H2,(H2,32,36)(H,35,39). The predicted octanol–water partition coefficient (Wildman–Crippen LogP) is 3.48. The second-order valence-electron chi connectivity index (χ2n) is 12.4. The Morgan fingerprint density at radius 3 is 2.42 bits per heavy atom. The smallest absolute Gasteiger partial charge is 0.259 e. The van der Waals surface area contributed by atoms with Crippen molar-refractivity contribution >= 4 is 17.4 Å². The van der Waals surface area contributed by atoms with Crippen LogP contribution in [0.2, 0.25) is 0 Å². The number of nitrogens with one attached hydrogen (secondary N) is 2. The lowest BCUT2D eigenvalue weighted by Crippen LogP contribution is -2.69. The first-order valence-corrected chi connectivity index (χ1v) is 15.3.